The first kappa shape index (κ1) is 13.2. The summed E-state index contributed by atoms with van der Waals surface area (Å²) in [4.78, 5) is 8.83. The molecule has 0 spiro atoms. The van der Waals surface area contributed by atoms with Gasteiger partial charge in [-0.25, -0.2) is 9.97 Å². The molecular weight excluding hydrogens is 266 g/mol. The molecule has 96 valence electrons. The number of nitrogen functional groups attached to an aromatic ring is 1. The smallest absolute Gasteiger partial charge is 0.180 e. The molecule has 0 bridgehead atoms. The molecule has 2 aromatic heterocycles. The predicted molar refractivity (Wildman–Crippen MR) is 73.9 cm³/mol. The van der Waals surface area contributed by atoms with E-state index in [-0.39, 0.29) is 0 Å². The lowest BCUT2D eigenvalue weighted by atomic mass is 10.3. The molecule has 0 unspecified atom stereocenters. The fourth-order valence-corrected chi connectivity index (χ4v) is 3.23. The summed E-state index contributed by atoms with van der Waals surface area (Å²) in [6.45, 7) is 5.97. The Morgan fingerprint density at radius 1 is 1.22 bits per heavy atom. The summed E-state index contributed by atoms with van der Waals surface area (Å²) in [5.41, 5.74) is 6.82. The molecule has 2 rings (SSSR count). The van der Waals surface area contributed by atoms with Gasteiger partial charge in [-0.3, -0.25) is 0 Å². The van der Waals surface area contributed by atoms with Gasteiger partial charge in [0.15, 0.2) is 4.34 Å². The van der Waals surface area contributed by atoms with Gasteiger partial charge in [0.1, 0.15) is 21.7 Å². The minimum absolute atomic E-state index is 0.553. The molecule has 0 saturated carbocycles. The van der Waals surface area contributed by atoms with Gasteiger partial charge in [0.05, 0.1) is 0 Å². The fraction of sp³-hybridized carbons (Fsp3) is 0.455. The van der Waals surface area contributed by atoms with E-state index in [9.17, 15) is 0 Å². The fourth-order valence-electron chi connectivity index (χ4n) is 1.40. The molecule has 0 aliphatic rings. The summed E-state index contributed by atoms with van der Waals surface area (Å²) in [7, 11) is 0. The summed E-state index contributed by atoms with van der Waals surface area (Å²) < 4.78 is 0.885. The van der Waals surface area contributed by atoms with Crippen molar-refractivity contribution in [3.05, 3.63) is 16.4 Å². The maximum atomic E-state index is 5.91. The molecule has 7 heteroatoms. The van der Waals surface area contributed by atoms with Crippen molar-refractivity contribution in [1.82, 2.24) is 20.2 Å². The summed E-state index contributed by atoms with van der Waals surface area (Å²) in [6, 6.07) is 0. The van der Waals surface area contributed by atoms with Crippen molar-refractivity contribution >= 4 is 28.9 Å². The third-order valence-electron chi connectivity index (χ3n) is 2.35. The maximum Gasteiger partial charge on any atom is 0.180 e. The maximum absolute atomic E-state index is 5.91. The lowest BCUT2D eigenvalue weighted by molar-refractivity contribution is 0.805. The minimum atomic E-state index is 0.553. The lowest BCUT2D eigenvalue weighted by Crippen LogP contribution is -2.04. The van der Waals surface area contributed by atoms with Crippen LogP contribution in [-0.2, 0) is 6.42 Å². The Bertz CT molecular complexity index is 552. The molecule has 0 radical (unpaired) electrons. The van der Waals surface area contributed by atoms with Crippen molar-refractivity contribution in [1.29, 1.82) is 0 Å². The normalized spacial score (nSPS) is 10.8. The number of hydrogen-bond acceptors (Lipinski definition) is 7. The molecule has 0 aromatic carbocycles. The molecule has 2 N–H and O–H groups in total. The quantitative estimate of drug-likeness (QED) is 0.868. The van der Waals surface area contributed by atoms with Crippen LogP contribution in [0.1, 0.15) is 29.7 Å². The van der Waals surface area contributed by atoms with Crippen LogP contribution in [0.3, 0.4) is 0 Å². The van der Waals surface area contributed by atoms with Crippen molar-refractivity contribution in [3.8, 4) is 0 Å². The van der Waals surface area contributed by atoms with Crippen LogP contribution >= 0.6 is 23.1 Å². The second kappa shape index (κ2) is 5.62. The molecule has 2 aromatic rings. The first-order chi connectivity index (χ1) is 8.60. The SMILES string of the molecule is CCCc1nc(N)c(C)c(Sc2nnc(C)s2)n1. The zero-order valence-corrected chi connectivity index (χ0v) is 12.2. The van der Waals surface area contributed by atoms with Crippen molar-refractivity contribution in [2.24, 2.45) is 0 Å². The van der Waals surface area contributed by atoms with Crippen molar-refractivity contribution < 1.29 is 0 Å². The van der Waals surface area contributed by atoms with Crippen LogP contribution in [0.5, 0.6) is 0 Å². The van der Waals surface area contributed by atoms with E-state index < -0.39 is 0 Å². The van der Waals surface area contributed by atoms with E-state index in [0.29, 0.717) is 5.82 Å². The average molecular weight is 281 g/mol. The predicted octanol–water partition coefficient (Wildman–Crippen LogP) is 2.63. The Kier molecular flexibility index (Phi) is 4.13. The van der Waals surface area contributed by atoms with Crippen molar-refractivity contribution in [2.75, 3.05) is 5.73 Å². The Balaban J connectivity index is 2.31. The molecule has 0 aliphatic carbocycles. The number of aryl methyl sites for hydroxylation is 2. The number of hydrogen-bond donors (Lipinski definition) is 1. The van der Waals surface area contributed by atoms with Gasteiger partial charge < -0.3 is 5.73 Å². The van der Waals surface area contributed by atoms with Gasteiger partial charge in [-0.1, -0.05) is 18.3 Å². The van der Waals surface area contributed by atoms with Crippen molar-refractivity contribution in [2.45, 2.75) is 43.0 Å². The average Bonchev–Trinajstić information content (AvgIpc) is 2.71. The minimum Gasteiger partial charge on any atom is -0.383 e. The molecule has 0 fully saturated rings. The molecule has 18 heavy (non-hydrogen) atoms. The van der Waals surface area contributed by atoms with Crippen LogP contribution in [0.15, 0.2) is 9.37 Å². The summed E-state index contributed by atoms with van der Waals surface area (Å²) in [6.07, 6.45) is 1.84. The molecular formula is C11H15N5S2. The van der Waals surface area contributed by atoms with Crippen LogP contribution in [-0.4, -0.2) is 20.2 Å². The van der Waals surface area contributed by atoms with Crippen LogP contribution in [0, 0.1) is 13.8 Å². The van der Waals surface area contributed by atoms with Crippen LogP contribution in [0.25, 0.3) is 0 Å². The zero-order valence-electron chi connectivity index (χ0n) is 10.6. The highest BCUT2D eigenvalue weighted by Gasteiger charge is 2.12. The first-order valence-electron chi connectivity index (χ1n) is 5.71. The Labute approximate surface area is 114 Å². The van der Waals surface area contributed by atoms with Crippen LogP contribution < -0.4 is 5.73 Å². The number of anilines is 1. The van der Waals surface area contributed by atoms with Crippen LogP contribution in [0.4, 0.5) is 5.82 Å². The van der Waals surface area contributed by atoms with E-state index >= 15 is 0 Å². The van der Waals surface area contributed by atoms with E-state index in [1.165, 1.54) is 11.8 Å². The van der Waals surface area contributed by atoms with E-state index in [2.05, 4.69) is 27.1 Å². The summed E-state index contributed by atoms with van der Waals surface area (Å²) in [5.74, 6) is 1.35. The molecule has 0 atom stereocenters. The molecule has 0 saturated heterocycles. The number of rotatable bonds is 4. The largest absolute Gasteiger partial charge is 0.383 e. The lowest BCUT2D eigenvalue weighted by Gasteiger charge is -2.07. The second-order valence-electron chi connectivity index (χ2n) is 3.89. The summed E-state index contributed by atoms with van der Waals surface area (Å²) >= 11 is 3.06. The number of aromatic nitrogens is 4. The highest BCUT2D eigenvalue weighted by molar-refractivity contribution is 8.01. The van der Waals surface area contributed by atoms with Gasteiger partial charge in [0, 0.05) is 12.0 Å². The third-order valence-corrected chi connectivity index (χ3v) is 4.33. The van der Waals surface area contributed by atoms with Gasteiger partial charge in [-0.05, 0) is 32.0 Å². The Morgan fingerprint density at radius 3 is 2.61 bits per heavy atom. The van der Waals surface area contributed by atoms with Gasteiger partial charge in [0.25, 0.3) is 0 Å². The van der Waals surface area contributed by atoms with E-state index in [1.807, 2.05) is 13.8 Å². The van der Waals surface area contributed by atoms with Gasteiger partial charge in [-0.15, -0.1) is 10.2 Å². The highest BCUT2D eigenvalue weighted by atomic mass is 32.2. The number of nitrogens with zero attached hydrogens (tertiary/aromatic N) is 4. The Hall–Kier alpha value is -1.21. The standard InChI is InChI=1S/C11H15N5S2/c1-4-5-8-13-9(12)6(2)10(14-8)18-11-16-15-7(3)17-11/h4-5H2,1-3H3,(H2,12,13,14). The van der Waals surface area contributed by atoms with Crippen LogP contribution in [0.2, 0.25) is 0 Å². The monoisotopic (exact) mass is 281 g/mol. The molecule has 0 aliphatic heterocycles. The second-order valence-corrected chi connectivity index (χ2v) is 6.31. The first-order valence-corrected chi connectivity index (χ1v) is 7.34. The zero-order chi connectivity index (χ0) is 13.1. The van der Waals surface area contributed by atoms with E-state index in [4.69, 9.17) is 5.73 Å². The van der Waals surface area contributed by atoms with Gasteiger partial charge in [-0.2, -0.15) is 0 Å². The summed E-state index contributed by atoms with van der Waals surface area (Å²) in [5, 5.41) is 9.91. The highest BCUT2D eigenvalue weighted by Crippen LogP contribution is 2.32. The third kappa shape index (κ3) is 2.97. The van der Waals surface area contributed by atoms with E-state index in [1.54, 1.807) is 11.3 Å². The van der Waals surface area contributed by atoms with Crippen molar-refractivity contribution in [3.63, 3.8) is 0 Å². The molecule has 0 amide bonds. The molecule has 2 heterocycles. The molecule has 5 nitrogen and oxygen atoms in total. The number of nitrogens with two attached hydrogens (primary N) is 1. The van der Waals surface area contributed by atoms with Gasteiger partial charge in [0.2, 0.25) is 0 Å². The topological polar surface area (TPSA) is 77.6 Å². The van der Waals surface area contributed by atoms with E-state index in [0.717, 1.165) is 38.6 Å². The van der Waals surface area contributed by atoms with Gasteiger partial charge >= 0.3 is 0 Å². The Morgan fingerprint density at radius 2 is 2.00 bits per heavy atom.